The molecule has 0 bridgehead atoms. The number of H-pyrrole nitrogens is 1. The van der Waals surface area contributed by atoms with Crippen molar-refractivity contribution >= 4 is 11.7 Å². The summed E-state index contributed by atoms with van der Waals surface area (Å²) in [7, 11) is 0. The maximum Gasteiger partial charge on any atom is 0.226 e. The highest BCUT2D eigenvalue weighted by atomic mass is 19.1. The first-order valence-corrected chi connectivity index (χ1v) is 8.21. The quantitative estimate of drug-likeness (QED) is 0.767. The van der Waals surface area contributed by atoms with Gasteiger partial charge in [-0.15, -0.1) is 0 Å². The van der Waals surface area contributed by atoms with E-state index in [9.17, 15) is 9.18 Å². The van der Waals surface area contributed by atoms with Crippen molar-refractivity contribution in [3.05, 3.63) is 53.6 Å². The van der Waals surface area contributed by atoms with E-state index in [4.69, 9.17) is 0 Å². The molecule has 0 saturated heterocycles. The van der Waals surface area contributed by atoms with Crippen molar-refractivity contribution in [2.24, 2.45) is 0 Å². The normalized spacial score (nSPS) is 16.8. The van der Waals surface area contributed by atoms with Gasteiger partial charge in [-0.3, -0.25) is 9.89 Å². The smallest absolute Gasteiger partial charge is 0.226 e. The van der Waals surface area contributed by atoms with Crippen molar-refractivity contribution in [1.82, 2.24) is 20.0 Å². The molecule has 1 aliphatic heterocycles. The van der Waals surface area contributed by atoms with Crippen LogP contribution in [0.5, 0.6) is 0 Å². The molecule has 2 aromatic heterocycles. The van der Waals surface area contributed by atoms with Crippen LogP contribution in [0.4, 0.5) is 10.2 Å². The lowest BCUT2D eigenvalue weighted by molar-refractivity contribution is -0.116. The summed E-state index contributed by atoms with van der Waals surface area (Å²) < 4.78 is 15.0. The van der Waals surface area contributed by atoms with Gasteiger partial charge in [-0.25, -0.2) is 9.07 Å². The van der Waals surface area contributed by atoms with Crippen LogP contribution in [0.25, 0.3) is 11.3 Å². The van der Waals surface area contributed by atoms with Crippen LogP contribution in [-0.2, 0) is 4.79 Å². The molecule has 3 aromatic rings. The number of carbonyl (C=O) groups is 1. The molecule has 0 radical (unpaired) electrons. The molecule has 3 heterocycles. The van der Waals surface area contributed by atoms with Crippen molar-refractivity contribution in [2.75, 3.05) is 5.32 Å². The molecule has 0 fully saturated rings. The summed E-state index contributed by atoms with van der Waals surface area (Å²) in [4.78, 5) is 12.3. The molecule has 0 spiro atoms. The van der Waals surface area contributed by atoms with E-state index in [2.05, 4.69) is 20.6 Å². The zero-order valence-corrected chi connectivity index (χ0v) is 14.0. The van der Waals surface area contributed by atoms with Crippen LogP contribution >= 0.6 is 0 Å². The number of nitrogens with zero attached hydrogens (tertiary/aromatic N) is 3. The highest BCUT2D eigenvalue weighted by Gasteiger charge is 2.32. The van der Waals surface area contributed by atoms with Gasteiger partial charge in [0.15, 0.2) is 0 Å². The Balaban J connectivity index is 1.81. The predicted octanol–water partition coefficient (Wildman–Crippen LogP) is 3.47. The van der Waals surface area contributed by atoms with Gasteiger partial charge in [-0.1, -0.05) is 0 Å². The lowest BCUT2D eigenvalue weighted by Crippen LogP contribution is -2.25. The molecule has 25 heavy (non-hydrogen) atoms. The fourth-order valence-corrected chi connectivity index (χ4v) is 3.31. The van der Waals surface area contributed by atoms with Crippen LogP contribution in [0.2, 0.25) is 0 Å². The monoisotopic (exact) mass is 339 g/mol. The van der Waals surface area contributed by atoms with Gasteiger partial charge in [0.2, 0.25) is 5.91 Å². The van der Waals surface area contributed by atoms with Crippen LogP contribution in [0.1, 0.15) is 43.4 Å². The number of amides is 1. The number of rotatable bonds is 3. The largest absolute Gasteiger partial charge is 0.311 e. The van der Waals surface area contributed by atoms with Crippen molar-refractivity contribution < 1.29 is 9.18 Å². The molecule has 4 rings (SSSR count). The van der Waals surface area contributed by atoms with E-state index in [0.717, 1.165) is 28.2 Å². The van der Waals surface area contributed by atoms with E-state index >= 15 is 0 Å². The number of anilines is 1. The SMILES string of the molecule is CC(C)n1ncc2c1NC(=O)CC2c1cn[nH]c1-c1ccc(F)cc1. The van der Waals surface area contributed by atoms with Gasteiger partial charge in [0, 0.05) is 35.1 Å². The van der Waals surface area contributed by atoms with Crippen molar-refractivity contribution in [2.45, 2.75) is 32.2 Å². The highest BCUT2D eigenvalue weighted by Crippen LogP contribution is 2.40. The molecule has 1 aromatic carbocycles. The number of hydrogen-bond donors (Lipinski definition) is 2. The summed E-state index contributed by atoms with van der Waals surface area (Å²) in [5.41, 5.74) is 3.50. The molecular weight excluding hydrogens is 321 g/mol. The van der Waals surface area contributed by atoms with E-state index in [1.807, 2.05) is 18.5 Å². The second kappa shape index (κ2) is 5.84. The number of aromatic amines is 1. The van der Waals surface area contributed by atoms with Crippen LogP contribution in [0.3, 0.4) is 0 Å². The minimum Gasteiger partial charge on any atom is -0.311 e. The number of hydrogen-bond acceptors (Lipinski definition) is 3. The summed E-state index contributed by atoms with van der Waals surface area (Å²) in [6.07, 6.45) is 3.86. The zero-order chi connectivity index (χ0) is 17.6. The molecule has 7 heteroatoms. The average molecular weight is 339 g/mol. The second-order valence-corrected chi connectivity index (χ2v) is 6.50. The highest BCUT2D eigenvalue weighted by molar-refractivity contribution is 5.94. The summed E-state index contributed by atoms with van der Waals surface area (Å²) >= 11 is 0. The third-order valence-corrected chi connectivity index (χ3v) is 4.51. The van der Waals surface area contributed by atoms with Crippen molar-refractivity contribution in [1.29, 1.82) is 0 Å². The van der Waals surface area contributed by atoms with Gasteiger partial charge in [-0.05, 0) is 38.1 Å². The number of carbonyl (C=O) groups excluding carboxylic acids is 1. The molecule has 1 amide bonds. The molecule has 1 atom stereocenters. The van der Waals surface area contributed by atoms with Crippen LogP contribution in [-0.4, -0.2) is 25.9 Å². The molecule has 2 N–H and O–H groups in total. The zero-order valence-electron chi connectivity index (χ0n) is 14.0. The van der Waals surface area contributed by atoms with Crippen molar-refractivity contribution in [3.63, 3.8) is 0 Å². The van der Waals surface area contributed by atoms with Crippen LogP contribution in [0.15, 0.2) is 36.7 Å². The summed E-state index contributed by atoms with van der Waals surface area (Å²) in [6.45, 7) is 4.04. The van der Waals surface area contributed by atoms with Gasteiger partial charge in [0.05, 0.1) is 18.1 Å². The Bertz CT molecular complexity index is 925. The van der Waals surface area contributed by atoms with Gasteiger partial charge < -0.3 is 5.32 Å². The molecule has 128 valence electrons. The molecule has 1 aliphatic rings. The van der Waals surface area contributed by atoms with Crippen molar-refractivity contribution in [3.8, 4) is 11.3 Å². The van der Waals surface area contributed by atoms with Gasteiger partial charge in [-0.2, -0.15) is 10.2 Å². The number of aromatic nitrogens is 4. The Labute approximate surface area is 144 Å². The Morgan fingerprint density at radius 2 is 1.96 bits per heavy atom. The van der Waals surface area contributed by atoms with Gasteiger partial charge in [0.25, 0.3) is 0 Å². The summed E-state index contributed by atoms with van der Waals surface area (Å²) in [5, 5.41) is 14.5. The topological polar surface area (TPSA) is 75.6 Å². The summed E-state index contributed by atoms with van der Waals surface area (Å²) in [6, 6.07) is 6.37. The number of nitrogens with one attached hydrogen (secondary N) is 2. The number of fused-ring (bicyclic) bond motifs is 1. The Morgan fingerprint density at radius 1 is 1.20 bits per heavy atom. The van der Waals surface area contributed by atoms with Gasteiger partial charge >= 0.3 is 0 Å². The van der Waals surface area contributed by atoms with E-state index in [-0.39, 0.29) is 23.7 Å². The maximum atomic E-state index is 13.2. The molecule has 0 aliphatic carbocycles. The first-order valence-electron chi connectivity index (χ1n) is 8.21. The third kappa shape index (κ3) is 2.61. The third-order valence-electron chi connectivity index (χ3n) is 4.51. The first-order chi connectivity index (χ1) is 12.0. The van der Waals surface area contributed by atoms with E-state index in [0.29, 0.717) is 6.42 Å². The Morgan fingerprint density at radius 3 is 2.68 bits per heavy atom. The summed E-state index contributed by atoms with van der Waals surface area (Å²) in [5.74, 6) is 0.256. The lowest BCUT2D eigenvalue weighted by Gasteiger charge is -2.24. The minimum atomic E-state index is -0.289. The second-order valence-electron chi connectivity index (χ2n) is 6.50. The Hall–Kier alpha value is -2.96. The number of benzene rings is 1. The maximum absolute atomic E-state index is 13.2. The predicted molar refractivity (Wildman–Crippen MR) is 91.7 cm³/mol. The molecule has 6 nitrogen and oxygen atoms in total. The molecular formula is C18H18FN5O. The molecule has 0 saturated carbocycles. The number of halogens is 1. The minimum absolute atomic E-state index is 0.0499. The fourth-order valence-electron chi connectivity index (χ4n) is 3.31. The lowest BCUT2D eigenvalue weighted by atomic mass is 9.86. The van der Waals surface area contributed by atoms with Crippen LogP contribution in [0, 0.1) is 5.82 Å². The van der Waals surface area contributed by atoms with E-state index < -0.39 is 0 Å². The average Bonchev–Trinajstić information content (AvgIpc) is 3.21. The molecule has 1 unspecified atom stereocenters. The standard InChI is InChI=1S/C18H18FN5O/c1-10(2)24-18-15(9-21-24)13(7-16(25)22-18)14-8-20-23-17(14)11-3-5-12(19)6-4-11/h3-6,8-10,13H,7H2,1-2H3,(H,20,23)(H,22,25). The van der Waals surface area contributed by atoms with Crippen LogP contribution < -0.4 is 5.32 Å². The Kier molecular flexibility index (Phi) is 3.63. The van der Waals surface area contributed by atoms with E-state index in [1.54, 1.807) is 24.5 Å². The van der Waals surface area contributed by atoms with Gasteiger partial charge in [0.1, 0.15) is 11.6 Å². The fraction of sp³-hybridized carbons (Fsp3) is 0.278. The van der Waals surface area contributed by atoms with E-state index in [1.165, 1.54) is 12.1 Å². The first kappa shape index (κ1) is 15.6.